The molecule has 0 aliphatic carbocycles. The van der Waals surface area contributed by atoms with Crippen molar-refractivity contribution in [2.45, 2.75) is 39.5 Å². The number of carbonyl (C=O) groups excluding carboxylic acids is 1. The summed E-state index contributed by atoms with van der Waals surface area (Å²) in [6.45, 7) is 6.11. The highest BCUT2D eigenvalue weighted by atomic mass is 32.1. The maximum atomic E-state index is 12.0. The Labute approximate surface area is 122 Å². The Kier molecular flexibility index (Phi) is 4.79. The van der Waals surface area contributed by atoms with Crippen molar-refractivity contribution >= 4 is 22.4 Å². The third-order valence-corrected chi connectivity index (χ3v) is 4.12. The van der Waals surface area contributed by atoms with E-state index in [-0.39, 0.29) is 5.91 Å². The lowest BCUT2D eigenvalue weighted by atomic mass is 10.1. The van der Waals surface area contributed by atoms with Gasteiger partial charge in [-0.2, -0.15) is 0 Å². The zero-order valence-corrected chi connectivity index (χ0v) is 12.7. The molecule has 0 aliphatic rings. The van der Waals surface area contributed by atoms with E-state index in [9.17, 15) is 4.79 Å². The lowest BCUT2D eigenvalue weighted by molar-refractivity contribution is 0.102. The summed E-state index contributed by atoms with van der Waals surface area (Å²) in [5.41, 5.74) is 1.21. The molecule has 2 rings (SSSR count). The van der Waals surface area contributed by atoms with Crippen LogP contribution in [-0.2, 0) is 0 Å². The van der Waals surface area contributed by atoms with E-state index in [1.165, 1.54) is 11.3 Å². The van der Waals surface area contributed by atoms with Crippen LogP contribution in [0.5, 0.6) is 0 Å². The van der Waals surface area contributed by atoms with E-state index in [0.29, 0.717) is 16.7 Å². The first kappa shape index (κ1) is 14.6. The predicted molar refractivity (Wildman–Crippen MR) is 80.2 cm³/mol. The van der Waals surface area contributed by atoms with E-state index < -0.39 is 0 Å². The fourth-order valence-corrected chi connectivity index (χ4v) is 2.92. The van der Waals surface area contributed by atoms with Crippen molar-refractivity contribution in [3.63, 3.8) is 0 Å². The lowest BCUT2D eigenvalue weighted by Gasteiger charge is -2.05. The molecular formula is C14H18N4OS. The van der Waals surface area contributed by atoms with E-state index in [2.05, 4.69) is 34.3 Å². The van der Waals surface area contributed by atoms with Gasteiger partial charge in [-0.05, 0) is 31.9 Å². The minimum absolute atomic E-state index is 0.249. The summed E-state index contributed by atoms with van der Waals surface area (Å²) < 4.78 is 0. The molecule has 0 unspecified atom stereocenters. The van der Waals surface area contributed by atoms with Gasteiger partial charge in [0.1, 0.15) is 10.7 Å². The van der Waals surface area contributed by atoms with Gasteiger partial charge >= 0.3 is 0 Å². The summed E-state index contributed by atoms with van der Waals surface area (Å²) in [4.78, 5) is 16.2. The second-order valence-corrected chi connectivity index (χ2v) is 5.59. The summed E-state index contributed by atoms with van der Waals surface area (Å²) in [6, 6.07) is 5.35. The van der Waals surface area contributed by atoms with Gasteiger partial charge in [0.2, 0.25) is 5.13 Å². The van der Waals surface area contributed by atoms with Gasteiger partial charge in [0.05, 0.1) is 0 Å². The van der Waals surface area contributed by atoms with Gasteiger partial charge in [-0.1, -0.05) is 31.3 Å². The smallest absolute Gasteiger partial charge is 0.276 e. The number of carbonyl (C=O) groups is 1. The molecule has 0 bridgehead atoms. The Bertz CT molecular complexity index is 592. The van der Waals surface area contributed by atoms with Crippen LogP contribution in [0.4, 0.5) is 5.13 Å². The molecule has 0 fully saturated rings. The summed E-state index contributed by atoms with van der Waals surface area (Å²) in [5.74, 6) is 0.163. The van der Waals surface area contributed by atoms with Crippen LogP contribution in [0.3, 0.4) is 0 Å². The van der Waals surface area contributed by atoms with Crippen molar-refractivity contribution in [3.05, 3.63) is 34.6 Å². The van der Waals surface area contributed by atoms with E-state index in [1.54, 1.807) is 6.07 Å². The quantitative estimate of drug-likeness (QED) is 0.916. The number of rotatable bonds is 5. The molecule has 2 heterocycles. The number of hydrogen-bond donors (Lipinski definition) is 1. The molecule has 0 atom stereocenters. The molecule has 0 radical (unpaired) electrons. The van der Waals surface area contributed by atoms with Crippen molar-refractivity contribution in [3.8, 4) is 0 Å². The number of nitrogens with zero attached hydrogens (tertiary/aromatic N) is 3. The van der Waals surface area contributed by atoms with E-state index in [4.69, 9.17) is 0 Å². The maximum absolute atomic E-state index is 12.0. The van der Waals surface area contributed by atoms with Crippen LogP contribution < -0.4 is 5.32 Å². The average molecular weight is 290 g/mol. The molecule has 0 aromatic carbocycles. The fourth-order valence-electron chi connectivity index (χ4n) is 1.92. The fraction of sp³-hybridized carbons (Fsp3) is 0.429. The van der Waals surface area contributed by atoms with E-state index in [0.717, 1.165) is 23.5 Å². The number of nitrogens with one attached hydrogen (secondary N) is 1. The second kappa shape index (κ2) is 6.56. The van der Waals surface area contributed by atoms with Crippen molar-refractivity contribution in [2.75, 3.05) is 5.32 Å². The first-order chi connectivity index (χ1) is 9.63. The molecule has 0 saturated heterocycles. The molecule has 0 saturated carbocycles. The van der Waals surface area contributed by atoms with E-state index in [1.807, 2.05) is 19.1 Å². The number of amides is 1. The Morgan fingerprint density at radius 2 is 2.05 bits per heavy atom. The highest BCUT2D eigenvalue weighted by Crippen LogP contribution is 2.28. The summed E-state index contributed by atoms with van der Waals surface area (Å²) >= 11 is 1.44. The highest BCUT2D eigenvalue weighted by Gasteiger charge is 2.15. The van der Waals surface area contributed by atoms with Crippen LogP contribution in [0.1, 0.15) is 53.8 Å². The highest BCUT2D eigenvalue weighted by molar-refractivity contribution is 7.15. The van der Waals surface area contributed by atoms with Gasteiger partial charge in [0, 0.05) is 11.6 Å². The minimum Gasteiger partial charge on any atom is -0.295 e. The molecule has 1 amide bonds. The van der Waals surface area contributed by atoms with Crippen molar-refractivity contribution in [1.29, 1.82) is 0 Å². The zero-order valence-electron chi connectivity index (χ0n) is 11.9. The Morgan fingerprint density at radius 1 is 1.30 bits per heavy atom. The van der Waals surface area contributed by atoms with Gasteiger partial charge in [0.15, 0.2) is 0 Å². The maximum Gasteiger partial charge on any atom is 0.276 e. The minimum atomic E-state index is -0.249. The van der Waals surface area contributed by atoms with Crippen LogP contribution in [0, 0.1) is 6.92 Å². The number of hydrogen-bond acceptors (Lipinski definition) is 5. The van der Waals surface area contributed by atoms with Crippen LogP contribution in [0.25, 0.3) is 0 Å². The third-order valence-electron chi connectivity index (χ3n) is 3.12. The molecule has 106 valence electrons. The lowest BCUT2D eigenvalue weighted by Crippen LogP contribution is -2.13. The summed E-state index contributed by atoms with van der Waals surface area (Å²) in [7, 11) is 0. The Hall–Kier alpha value is -1.82. The Balaban J connectivity index is 2.09. The molecule has 2 aromatic heterocycles. The van der Waals surface area contributed by atoms with Gasteiger partial charge < -0.3 is 0 Å². The van der Waals surface area contributed by atoms with E-state index >= 15 is 0 Å². The second-order valence-electron chi connectivity index (χ2n) is 4.58. The van der Waals surface area contributed by atoms with Crippen molar-refractivity contribution in [1.82, 2.24) is 15.2 Å². The predicted octanol–water partition coefficient (Wildman–Crippen LogP) is 3.40. The Morgan fingerprint density at radius 3 is 2.70 bits per heavy atom. The first-order valence-corrected chi connectivity index (χ1v) is 7.54. The molecular weight excluding hydrogens is 272 g/mol. The van der Waals surface area contributed by atoms with Crippen LogP contribution in [-0.4, -0.2) is 21.1 Å². The van der Waals surface area contributed by atoms with Gasteiger partial charge in [-0.3, -0.25) is 10.1 Å². The SMILES string of the molecule is CCC(CC)c1nnc(NC(=O)c2cccc(C)n2)s1. The molecule has 0 aliphatic heterocycles. The van der Waals surface area contributed by atoms with Crippen molar-refractivity contribution in [2.24, 2.45) is 0 Å². The van der Waals surface area contributed by atoms with Crippen LogP contribution in [0.15, 0.2) is 18.2 Å². The monoisotopic (exact) mass is 290 g/mol. The van der Waals surface area contributed by atoms with Gasteiger partial charge in [-0.15, -0.1) is 10.2 Å². The average Bonchev–Trinajstić information content (AvgIpc) is 2.88. The summed E-state index contributed by atoms with van der Waals surface area (Å²) in [5, 5.41) is 12.4. The topological polar surface area (TPSA) is 67.8 Å². The molecule has 5 nitrogen and oxygen atoms in total. The number of aryl methyl sites for hydroxylation is 1. The normalized spacial score (nSPS) is 10.8. The molecule has 2 aromatic rings. The van der Waals surface area contributed by atoms with Gasteiger partial charge in [0.25, 0.3) is 5.91 Å². The molecule has 6 heteroatoms. The van der Waals surface area contributed by atoms with Crippen LogP contribution in [0.2, 0.25) is 0 Å². The third kappa shape index (κ3) is 3.39. The zero-order chi connectivity index (χ0) is 14.5. The number of pyridine rings is 1. The summed E-state index contributed by atoms with van der Waals surface area (Å²) in [6.07, 6.45) is 2.05. The molecule has 0 spiro atoms. The molecule has 20 heavy (non-hydrogen) atoms. The number of aromatic nitrogens is 3. The van der Waals surface area contributed by atoms with Crippen LogP contribution >= 0.6 is 11.3 Å². The standard InChI is InChI=1S/C14H18N4OS/c1-4-10(5-2)13-17-18-14(20-13)16-12(19)11-8-6-7-9(3)15-11/h6-8,10H,4-5H2,1-3H3,(H,16,18,19). The van der Waals surface area contributed by atoms with Crippen molar-refractivity contribution < 1.29 is 4.79 Å². The molecule has 1 N–H and O–H groups in total. The first-order valence-electron chi connectivity index (χ1n) is 6.72. The van der Waals surface area contributed by atoms with Gasteiger partial charge in [-0.25, -0.2) is 4.98 Å². The number of anilines is 1. The largest absolute Gasteiger partial charge is 0.295 e.